The Kier molecular flexibility index (Phi) is 5.67. The zero-order chi connectivity index (χ0) is 14.7. The van der Waals surface area contributed by atoms with E-state index >= 15 is 0 Å². The second-order valence-corrected chi connectivity index (χ2v) is 7.38. The Labute approximate surface area is 131 Å². The van der Waals surface area contributed by atoms with Gasteiger partial charge in [0.2, 0.25) is 0 Å². The monoisotopic (exact) mass is 341 g/mol. The van der Waals surface area contributed by atoms with Crippen LogP contribution >= 0.6 is 15.9 Å². The molecule has 1 aliphatic rings. The van der Waals surface area contributed by atoms with Gasteiger partial charge in [-0.3, -0.25) is 4.68 Å². The summed E-state index contributed by atoms with van der Waals surface area (Å²) in [7, 11) is 0. The quantitative estimate of drug-likeness (QED) is 0.812. The third kappa shape index (κ3) is 3.45. The molecular weight excluding hydrogens is 314 g/mol. The van der Waals surface area contributed by atoms with Crippen LogP contribution in [0, 0.1) is 11.8 Å². The molecule has 0 amide bonds. The Bertz CT molecular complexity index is 427. The van der Waals surface area contributed by atoms with Crippen molar-refractivity contribution >= 4 is 15.9 Å². The maximum Gasteiger partial charge on any atom is 0.0701 e. The van der Waals surface area contributed by atoms with Crippen LogP contribution in [0.5, 0.6) is 0 Å². The van der Waals surface area contributed by atoms with Crippen molar-refractivity contribution < 1.29 is 0 Å². The molecule has 3 unspecified atom stereocenters. The van der Waals surface area contributed by atoms with Crippen LogP contribution in [0.25, 0.3) is 0 Å². The largest absolute Gasteiger partial charge is 0.308 e. The molecule has 0 spiro atoms. The maximum atomic E-state index is 4.56. The molecule has 114 valence electrons. The van der Waals surface area contributed by atoms with Gasteiger partial charge in [-0.25, -0.2) is 0 Å². The van der Waals surface area contributed by atoms with Gasteiger partial charge in [-0.15, -0.1) is 0 Å². The summed E-state index contributed by atoms with van der Waals surface area (Å²) in [5.74, 6) is 1.60. The summed E-state index contributed by atoms with van der Waals surface area (Å²) in [6.07, 6.45) is 7.15. The second-order valence-electron chi connectivity index (χ2n) is 6.53. The van der Waals surface area contributed by atoms with E-state index in [1.807, 2.05) is 6.20 Å². The Hall–Kier alpha value is -0.350. The van der Waals surface area contributed by atoms with Gasteiger partial charge < -0.3 is 5.32 Å². The molecule has 3 nitrogen and oxygen atoms in total. The fourth-order valence-electron chi connectivity index (χ4n) is 3.39. The molecule has 1 aromatic rings. The molecule has 20 heavy (non-hydrogen) atoms. The Morgan fingerprint density at radius 1 is 1.45 bits per heavy atom. The minimum absolute atomic E-state index is 0.404. The zero-order valence-electron chi connectivity index (χ0n) is 13.2. The molecule has 4 heteroatoms. The molecule has 3 atom stereocenters. The third-order valence-corrected chi connectivity index (χ3v) is 5.00. The van der Waals surface area contributed by atoms with Crippen LogP contribution < -0.4 is 5.32 Å². The van der Waals surface area contributed by atoms with Gasteiger partial charge in [0.25, 0.3) is 0 Å². The fourth-order valence-corrected chi connectivity index (χ4v) is 3.91. The van der Waals surface area contributed by atoms with E-state index in [4.69, 9.17) is 0 Å². The van der Waals surface area contributed by atoms with Crippen molar-refractivity contribution in [3.63, 3.8) is 0 Å². The number of hydrogen-bond acceptors (Lipinski definition) is 2. The molecule has 1 heterocycles. The Morgan fingerprint density at radius 3 is 2.75 bits per heavy atom. The van der Waals surface area contributed by atoms with Gasteiger partial charge in [0.15, 0.2) is 0 Å². The molecule has 1 aliphatic carbocycles. The SMILES string of the molecule is CCCNC(c1c(Br)cnn1C(C)C)C1CCC(C)C1. The van der Waals surface area contributed by atoms with Crippen LogP contribution in [-0.4, -0.2) is 16.3 Å². The number of aromatic nitrogens is 2. The van der Waals surface area contributed by atoms with Crippen LogP contribution in [0.2, 0.25) is 0 Å². The molecule has 0 aliphatic heterocycles. The van der Waals surface area contributed by atoms with Crippen molar-refractivity contribution in [1.82, 2.24) is 15.1 Å². The van der Waals surface area contributed by atoms with Crippen LogP contribution in [-0.2, 0) is 0 Å². The highest BCUT2D eigenvalue weighted by Gasteiger charge is 2.33. The second kappa shape index (κ2) is 7.08. The number of halogens is 1. The standard InChI is InChI=1S/C16H28BrN3/c1-5-8-18-15(13-7-6-12(4)9-13)16-14(17)10-19-20(16)11(2)3/h10-13,15,18H,5-9H2,1-4H3. The summed E-state index contributed by atoms with van der Waals surface area (Å²) in [5.41, 5.74) is 1.34. The predicted octanol–water partition coefficient (Wildman–Crippen LogP) is 4.70. The number of hydrogen-bond donors (Lipinski definition) is 1. The van der Waals surface area contributed by atoms with Crippen LogP contribution in [0.4, 0.5) is 0 Å². The molecule has 0 aromatic carbocycles. The van der Waals surface area contributed by atoms with Gasteiger partial charge in [-0.1, -0.05) is 20.3 Å². The third-order valence-electron chi connectivity index (χ3n) is 4.39. The van der Waals surface area contributed by atoms with E-state index in [1.54, 1.807) is 0 Å². The lowest BCUT2D eigenvalue weighted by molar-refractivity contribution is 0.330. The topological polar surface area (TPSA) is 29.9 Å². The van der Waals surface area contributed by atoms with E-state index in [0.29, 0.717) is 12.1 Å². The van der Waals surface area contributed by atoms with E-state index in [1.165, 1.54) is 31.4 Å². The Balaban J connectivity index is 2.28. The molecule has 1 fully saturated rings. The normalized spacial score (nSPS) is 24.5. The first-order valence-electron chi connectivity index (χ1n) is 8.00. The summed E-state index contributed by atoms with van der Waals surface area (Å²) in [4.78, 5) is 0. The van der Waals surface area contributed by atoms with Crippen molar-refractivity contribution in [3.8, 4) is 0 Å². The lowest BCUT2D eigenvalue weighted by Crippen LogP contribution is -2.31. The van der Waals surface area contributed by atoms with Crippen molar-refractivity contribution in [1.29, 1.82) is 0 Å². The molecule has 0 radical (unpaired) electrons. The highest BCUT2D eigenvalue weighted by molar-refractivity contribution is 9.10. The predicted molar refractivity (Wildman–Crippen MR) is 87.9 cm³/mol. The number of nitrogens with zero attached hydrogens (tertiary/aromatic N) is 2. The summed E-state index contributed by atoms with van der Waals surface area (Å²) in [5, 5.41) is 8.34. The molecule has 1 N–H and O–H groups in total. The molecule has 1 saturated carbocycles. The van der Waals surface area contributed by atoms with E-state index in [0.717, 1.165) is 22.9 Å². The minimum atomic E-state index is 0.404. The molecule has 0 bridgehead atoms. The Morgan fingerprint density at radius 2 is 2.20 bits per heavy atom. The highest BCUT2D eigenvalue weighted by atomic mass is 79.9. The molecular formula is C16H28BrN3. The van der Waals surface area contributed by atoms with Gasteiger partial charge in [0, 0.05) is 6.04 Å². The van der Waals surface area contributed by atoms with Crippen LogP contribution in [0.1, 0.15) is 71.2 Å². The average Bonchev–Trinajstić information content (AvgIpc) is 2.98. The summed E-state index contributed by atoms with van der Waals surface area (Å²) in [6.45, 7) is 10.1. The average molecular weight is 342 g/mol. The first-order valence-corrected chi connectivity index (χ1v) is 8.80. The highest BCUT2D eigenvalue weighted by Crippen LogP contribution is 2.41. The zero-order valence-corrected chi connectivity index (χ0v) is 14.8. The van der Waals surface area contributed by atoms with Gasteiger partial charge in [-0.2, -0.15) is 5.10 Å². The van der Waals surface area contributed by atoms with Gasteiger partial charge in [0.05, 0.1) is 22.4 Å². The first-order chi connectivity index (χ1) is 9.54. The van der Waals surface area contributed by atoms with Crippen molar-refractivity contribution in [2.45, 2.75) is 65.5 Å². The lowest BCUT2D eigenvalue weighted by atomic mass is 9.94. The molecule has 1 aromatic heterocycles. The fraction of sp³-hybridized carbons (Fsp3) is 0.812. The molecule has 2 rings (SSSR count). The van der Waals surface area contributed by atoms with E-state index < -0.39 is 0 Å². The smallest absolute Gasteiger partial charge is 0.0701 e. The van der Waals surface area contributed by atoms with Gasteiger partial charge >= 0.3 is 0 Å². The van der Waals surface area contributed by atoms with Crippen molar-refractivity contribution in [2.75, 3.05) is 6.54 Å². The van der Waals surface area contributed by atoms with Crippen LogP contribution in [0.3, 0.4) is 0 Å². The first kappa shape index (κ1) is 16.0. The van der Waals surface area contributed by atoms with Crippen molar-refractivity contribution in [2.24, 2.45) is 11.8 Å². The maximum absolute atomic E-state index is 4.56. The van der Waals surface area contributed by atoms with Gasteiger partial charge in [-0.05, 0) is 67.4 Å². The minimum Gasteiger partial charge on any atom is -0.308 e. The number of nitrogens with one attached hydrogen (secondary N) is 1. The van der Waals surface area contributed by atoms with E-state index in [9.17, 15) is 0 Å². The summed E-state index contributed by atoms with van der Waals surface area (Å²) in [6, 6.07) is 0.834. The van der Waals surface area contributed by atoms with Gasteiger partial charge in [0.1, 0.15) is 0 Å². The van der Waals surface area contributed by atoms with Crippen LogP contribution in [0.15, 0.2) is 10.7 Å². The van der Waals surface area contributed by atoms with Crippen molar-refractivity contribution in [3.05, 3.63) is 16.4 Å². The van der Waals surface area contributed by atoms with E-state index in [2.05, 4.69) is 58.7 Å². The number of rotatable bonds is 6. The van der Waals surface area contributed by atoms with E-state index in [-0.39, 0.29) is 0 Å². The summed E-state index contributed by atoms with van der Waals surface area (Å²) < 4.78 is 3.33. The summed E-state index contributed by atoms with van der Waals surface area (Å²) >= 11 is 3.72. The lowest BCUT2D eigenvalue weighted by Gasteiger charge is -2.27. The molecule has 0 saturated heterocycles.